The van der Waals surface area contributed by atoms with Crippen LogP contribution in [0.3, 0.4) is 0 Å². The number of hydrogen-bond acceptors (Lipinski definition) is 2. The van der Waals surface area contributed by atoms with Crippen molar-refractivity contribution in [2.45, 2.75) is 19.3 Å². The smallest absolute Gasteiger partial charge is 0.189 e. The van der Waals surface area contributed by atoms with Crippen LogP contribution in [-0.4, -0.2) is 15.6 Å². The van der Waals surface area contributed by atoms with E-state index in [2.05, 4.69) is 27.1 Å². The number of ketones is 1. The van der Waals surface area contributed by atoms with Gasteiger partial charge in [0.25, 0.3) is 0 Å². The number of aromatic nitrogens is 2. The van der Waals surface area contributed by atoms with Gasteiger partial charge in [-0.1, -0.05) is 15.9 Å². The van der Waals surface area contributed by atoms with E-state index in [1.807, 2.05) is 37.5 Å². The summed E-state index contributed by atoms with van der Waals surface area (Å²) in [5, 5.41) is 4.32. The quantitative estimate of drug-likeness (QED) is 0.589. The van der Waals surface area contributed by atoms with Gasteiger partial charge in [-0.3, -0.25) is 9.48 Å². The van der Waals surface area contributed by atoms with Crippen molar-refractivity contribution in [3.8, 4) is 0 Å². The maximum atomic E-state index is 12.6. The Balaban J connectivity index is 2.00. The zero-order valence-electron chi connectivity index (χ0n) is 11.3. The molecule has 0 amide bonds. The Hall–Kier alpha value is -1.68. The van der Waals surface area contributed by atoms with Crippen LogP contribution >= 0.6 is 15.9 Å². The van der Waals surface area contributed by atoms with Gasteiger partial charge in [0.05, 0.1) is 5.69 Å². The van der Waals surface area contributed by atoms with Gasteiger partial charge in [-0.05, 0) is 55.2 Å². The molecule has 3 rings (SSSR count). The molecule has 0 fully saturated rings. The lowest BCUT2D eigenvalue weighted by atomic mass is 9.99. The summed E-state index contributed by atoms with van der Waals surface area (Å²) in [6, 6.07) is 7.82. The first-order chi connectivity index (χ1) is 9.63. The molecule has 1 heterocycles. The SMILES string of the molecule is Cn1ccc(/C=C2\CCCc3cc(Br)ccc3C2=O)n1. The van der Waals surface area contributed by atoms with Gasteiger partial charge in [-0.2, -0.15) is 5.10 Å². The van der Waals surface area contributed by atoms with E-state index in [4.69, 9.17) is 0 Å². The molecule has 20 heavy (non-hydrogen) atoms. The first kappa shape index (κ1) is 13.3. The molecule has 3 nitrogen and oxygen atoms in total. The molecule has 0 bridgehead atoms. The number of aryl methyl sites for hydroxylation is 2. The van der Waals surface area contributed by atoms with Crippen LogP contribution in [0.25, 0.3) is 6.08 Å². The third kappa shape index (κ3) is 2.61. The normalized spacial score (nSPS) is 17.1. The van der Waals surface area contributed by atoms with E-state index in [9.17, 15) is 4.79 Å². The second kappa shape index (κ2) is 5.37. The number of benzene rings is 1. The second-order valence-electron chi connectivity index (χ2n) is 5.07. The van der Waals surface area contributed by atoms with Gasteiger partial charge in [0.1, 0.15) is 0 Å². The monoisotopic (exact) mass is 330 g/mol. The zero-order valence-corrected chi connectivity index (χ0v) is 12.9. The summed E-state index contributed by atoms with van der Waals surface area (Å²) < 4.78 is 2.78. The molecule has 0 unspecified atom stereocenters. The minimum Gasteiger partial charge on any atom is -0.289 e. The van der Waals surface area contributed by atoms with Gasteiger partial charge in [0.2, 0.25) is 0 Å². The van der Waals surface area contributed by atoms with E-state index in [1.54, 1.807) is 4.68 Å². The van der Waals surface area contributed by atoms with Crippen molar-refractivity contribution < 1.29 is 4.79 Å². The number of hydrogen-bond donors (Lipinski definition) is 0. The molecular weight excluding hydrogens is 316 g/mol. The van der Waals surface area contributed by atoms with E-state index in [1.165, 1.54) is 0 Å². The van der Waals surface area contributed by atoms with Gasteiger partial charge in [-0.15, -0.1) is 0 Å². The predicted molar refractivity (Wildman–Crippen MR) is 82.6 cm³/mol. The Morgan fingerprint density at radius 3 is 2.90 bits per heavy atom. The Kier molecular flexibility index (Phi) is 3.57. The summed E-state index contributed by atoms with van der Waals surface area (Å²) >= 11 is 3.47. The van der Waals surface area contributed by atoms with Gasteiger partial charge < -0.3 is 0 Å². The molecule has 1 aliphatic carbocycles. The molecule has 0 saturated carbocycles. The lowest BCUT2D eigenvalue weighted by molar-refractivity contribution is 0.103. The largest absolute Gasteiger partial charge is 0.289 e. The average Bonchev–Trinajstić information content (AvgIpc) is 2.76. The van der Waals surface area contributed by atoms with E-state index < -0.39 is 0 Å². The molecule has 1 aromatic carbocycles. The van der Waals surface area contributed by atoms with Crippen LogP contribution < -0.4 is 0 Å². The number of halogens is 1. The van der Waals surface area contributed by atoms with Crippen LogP contribution in [0.4, 0.5) is 0 Å². The van der Waals surface area contributed by atoms with Crippen molar-refractivity contribution in [2.75, 3.05) is 0 Å². The third-order valence-corrected chi connectivity index (χ3v) is 4.05. The second-order valence-corrected chi connectivity index (χ2v) is 5.98. The number of rotatable bonds is 1. The highest BCUT2D eigenvalue weighted by molar-refractivity contribution is 9.10. The minimum absolute atomic E-state index is 0.135. The molecule has 0 radical (unpaired) electrons. The molecule has 0 atom stereocenters. The van der Waals surface area contributed by atoms with Crippen molar-refractivity contribution >= 4 is 27.8 Å². The van der Waals surface area contributed by atoms with Crippen molar-refractivity contribution in [3.05, 3.63) is 57.3 Å². The highest BCUT2D eigenvalue weighted by atomic mass is 79.9. The topological polar surface area (TPSA) is 34.9 Å². The van der Waals surface area contributed by atoms with Gasteiger partial charge >= 0.3 is 0 Å². The first-order valence-corrected chi connectivity index (χ1v) is 7.46. The molecule has 2 aromatic rings. The summed E-state index contributed by atoms with van der Waals surface area (Å²) in [6.45, 7) is 0. The summed E-state index contributed by atoms with van der Waals surface area (Å²) in [6.07, 6.45) is 6.55. The fourth-order valence-corrected chi connectivity index (χ4v) is 2.98. The molecule has 0 aliphatic heterocycles. The summed E-state index contributed by atoms with van der Waals surface area (Å²) in [4.78, 5) is 12.6. The number of allylic oxidation sites excluding steroid dienone is 1. The molecule has 1 aliphatic rings. The summed E-state index contributed by atoms with van der Waals surface area (Å²) in [5.74, 6) is 0.135. The van der Waals surface area contributed by atoms with Crippen LogP contribution in [-0.2, 0) is 13.5 Å². The summed E-state index contributed by atoms with van der Waals surface area (Å²) in [5.41, 5.74) is 3.66. The Morgan fingerprint density at radius 2 is 2.15 bits per heavy atom. The number of fused-ring (bicyclic) bond motifs is 1. The van der Waals surface area contributed by atoms with Crippen LogP contribution in [0.2, 0.25) is 0 Å². The van der Waals surface area contributed by atoms with Gasteiger partial charge in [0.15, 0.2) is 5.78 Å². The van der Waals surface area contributed by atoms with Gasteiger partial charge in [0, 0.05) is 28.9 Å². The number of nitrogens with zero attached hydrogens (tertiary/aromatic N) is 2. The molecule has 4 heteroatoms. The number of Topliss-reactive ketones (excluding diaryl/α,β-unsaturated/α-hetero) is 1. The van der Waals surface area contributed by atoms with E-state index in [0.717, 1.165) is 46.1 Å². The van der Waals surface area contributed by atoms with Crippen molar-refractivity contribution in [1.82, 2.24) is 9.78 Å². The van der Waals surface area contributed by atoms with Crippen LogP contribution in [0.5, 0.6) is 0 Å². The van der Waals surface area contributed by atoms with Crippen LogP contribution in [0.15, 0.2) is 40.5 Å². The highest BCUT2D eigenvalue weighted by Crippen LogP contribution is 2.27. The van der Waals surface area contributed by atoms with E-state index in [-0.39, 0.29) is 5.78 Å². The van der Waals surface area contributed by atoms with Crippen LogP contribution in [0, 0.1) is 0 Å². The summed E-state index contributed by atoms with van der Waals surface area (Å²) in [7, 11) is 1.88. The maximum Gasteiger partial charge on any atom is 0.189 e. The lowest BCUT2D eigenvalue weighted by Crippen LogP contribution is -2.03. The van der Waals surface area contributed by atoms with E-state index in [0.29, 0.717) is 0 Å². The Labute approximate surface area is 126 Å². The standard InChI is InChI=1S/C16H15BrN2O/c1-19-8-7-14(18-19)10-12-4-2-3-11-9-13(17)5-6-15(11)16(12)20/h5-10H,2-4H2,1H3/b12-10+. The predicted octanol–water partition coefficient (Wildman–Crippen LogP) is 3.79. The molecule has 0 saturated heterocycles. The lowest BCUT2D eigenvalue weighted by Gasteiger charge is -2.05. The Bertz CT molecular complexity index is 700. The minimum atomic E-state index is 0.135. The number of carbonyl (C=O) groups excluding carboxylic acids is 1. The highest BCUT2D eigenvalue weighted by Gasteiger charge is 2.20. The molecule has 102 valence electrons. The molecular formula is C16H15BrN2O. The van der Waals surface area contributed by atoms with E-state index >= 15 is 0 Å². The first-order valence-electron chi connectivity index (χ1n) is 6.67. The van der Waals surface area contributed by atoms with Crippen LogP contribution in [0.1, 0.15) is 34.5 Å². The molecule has 0 spiro atoms. The molecule has 0 N–H and O–H groups in total. The van der Waals surface area contributed by atoms with Crippen molar-refractivity contribution in [3.63, 3.8) is 0 Å². The van der Waals surface area contributed by atoms with Crippen molar-refractivity contribution in [2.24, 2.45) is 7.05 Å². The van der Waals surface area contributed by atoms with Gasteiger partial charge in [-0.25, -0.2) is 0 Å². The molecule has 1 aromatic heterocycles. The third-order valence-electron chi connectivity index (χ3n) is 3.55. The fraction of sp³-hybridized carbons (Fsp3) is 0.250. The average molecular weight is 331 g/mol. The maximum absolute atomic E-state index is 12.6. The number of carbonyl (C=O) groups is 1. The van der Waals surface area contributed by atoms with Crippen molar-refractivity contribution in [1.29, 1.82) is 0 Å². The fourth-order valence-electron chi connectivity index (χ4n) is 2.57. The zero-order chi connectivity index (χ0) is 14.1. The Morgan fingerprint density at radius 1 is 1.30 bits per heavy atom.